The zero-order chi connectivity index (χ0) is 19.8. The molecule has 4 heteroatoms. The third-order valence-corrected chi connectivity index (χ3v) is 4.68. The fourth-order valence-corrected chi connectivity index (χ4v) is 3.17. The van der Waals surface area contributed by atoms with Gasteiger partial charge in [-0.1, -0.05) is 44.2 Å². The van der Waals surface area contributed by atoms with Crippen molar-refractivity contribution in [1.29, 1.82) is 0 Å². The van der Waals surface area contributed by atoms with E-state index in [4.69, 9.17) is 14.2 Å². The van der Waals surface area contributed by atoms with Crippen LogP contribution in [0.2, 0.25) is 0 Å². The van der Waals surface area contributed by atoms with Crippen molar-refractivity contribution in [2.75, 3.05) is 21.3 Å². The highest BCUT2D eigenvalue weighted by molar-refractivity contribution is 5.98. The summed E-state index contributed by atoms with van der Waals surface area (Å²) in [5.41, 5.74) is 3.31. The number of hydrogen-bond donors (Lipinski definition) is 0. The smallest absolute Gasteiger partial charge is 0.342 e. The van der Waals surface area contributed by atoms with E-state index in [-0.39, 0.29) is 0 Å². The van der Waals surface area contributed by atoms with Gasteiger partial charge in [0.2, 0.25) is 0 Å². The van der Waals surface area contributed by atoms with Crippen molar-refractivity contribution in [3.8, 4) is 11.5 Å². The van der Waals surface area contributed by atoms with Crippen LogP contribution >= 0.6 is 0 Å². The summed E-state index contributed by atoms with van der Waals surface area (Å²) in [5, 5.41) is 0. The van der Waals surface area contributed by atoms with Gasteiger partial charge in [0.05, 0.1) is 21.3 Å². The number of benzene rings is 1. The summed E-state index contributed by atoms with van der Waals surface area (Å²) >= 11 is 0. The Balaban J connectivity index is 2.57. The largest absolute Gasteiger partial charge is 0.496 e. The topological polar surface area (TPSA) is 44.8 Å². The summed E-state index contributed by atoms with van der Waals surface area (Å²) in [6, 6.07) is 1.90. The van der Waals surface area contributed by atoms with Gasteiger partial charge in [-0.15, -0.1) is 0 Å². The standard InChI is InChI=1S/C23H30O4/c1-16(2)11-14-19-20(25-3)15-18(13-12-17-9-7-6-8-10-17)21(22(19)26-4)23(24)27-5/h6-7,9,12-13,15-16H,8,10-11,14H2,1-5H3. The summed E-state index contributed by atoms with van der Waals surface area (Å²) in [7, 11) is 4.62. The van der Waals surface area contributed by atoms with E-state index in [0.717, 1.165) is 42.6 Å². The maximum Gasteiger partial charge on any atom is 0.342 e. The van der Waals surface area contributed by atoms with E-state index in [2.05, 4.69) is 32.1 Å². The van der Waals surface area contributed by atoms with E-state index in [1.54, 1.807) is 14.2 Å². The molecule has 0 radical (unpaired) electrons. The monoisotopic (exact) mass is 370 g/mol. The van der Waals surface area contributed by atoms with Gasteiger partial charge in [0, 0.05) is 5.56 Å². The first-order valence-electron chi connectivity index (χ1n) is 9.41. The van der Waals surface area contributed by atoms with Crippen LogP contribution < -0.4 is 9.47 Å². The summed E-state index contributed by atoms with van der Waals surface area (Å²) in [5.74, 6) is 1.40. The Kier molecular flexibility index (Phi) is 7.71. The quantitative estimate of drug-likeness (QED) is 0.577. The van der Waals surface area contributed by atoms with Crippen LogP contribution in [0.5, 0.6) is 11.5 Å². The molecule has 1 aromatic carbocycles. The van der Waals surface area contributed by atoms with Crippen molar-refractivity contribution in [2.24, 2.45) is 5.92 Å². The molecule has 1 aromatic rings. The minimum atomic E-state index is -0.405. The first-order chi connectivity index (χ1) is 13.0. The van der Waals surface area contributed by atoms with Gasteiger partial charge >= 0.3 is 5.97 Å². The van der Waals surface area contributed by atoms with Crippen LogP contribution in [0.3, 0.4) is 0 Å². The van der Waals surface area contributed by atoms with Crippen molar-refractivity contribution < 1.29 is 19.0 Å². The van der Waals surface area contributed by atoms with Crippen LogP contribution in [0.15, 0.2) is 35.9 Å². The van der Waals surface area contributed by atoms with E-state index in [0.29, 0.717) is 17.2 Å². The summed E-state index contributed by atoms with van der Waals surface area (Å²) in [6.45, 7) is 4.34. The zero-order valence-corrected chi connectivity index (χ0v) is 17.0. The molecule has 0 spiro atoms. The molecule has 2 rings (SSSR count). The molecule has 27 heavy (non-hydrogen) atoms. The molecule has 0 amide bonds. The number of esters is 1. The predicted molar refractivity (Wildman–Crippen MR) is 110 cm³/mol. The predicted octanol–water partition coefficient (Wildman–Crippen LogP) is 5.37. The van der Waals surface area contributed by atoms with Crippen LogP contribution in [0.25, 0.3) is 6.08 Å². The molecule has 0 aromatic heterocycles. The van der Waals surface area contributed by atoms with Crippen molar-refractivity contribution in [3.05, 3.63) is 52.6 Å². The van der Waals surface area contributed by atoms with Crippen LogP contribution in [0, 0.1) is 5.92 Å². The van der Waals surface area contributed by atoms with Crippen molar-refractivity contribution in [3.63, 3.8) is 0 Å². The Morgan fingerprint density at radius 1 is 1.19 bits per heavy atom. The van der Waals surface area contributed by atoms with Crippen molar-refractivity contribution >= 4 is 12.0 Å². The lowest BCUT2D eigenvalue weighted by molar-refractivity contribution is 0.0596. The average molecular weight is 370 g/mol. The average Bonchev–Trinajstić information content (AvgIpc) is 2.69. The second kappa shape index (κ2) is 10.0. The van der Waals surface area contributed by atoms with E-state index >= 15 is 0 Å². The molecule has 0 heterocycles. The second-order valence-electron chi connectivity index (χ2n) is 7.02. The Morgan fingerprint density at radius 3 is 2.52 bits per heavy atom. The molecule has 1 aliphatic rings. The molecular formula is C23H30O4. The fourth-order valence-electron chi connectivity index (χ4n) is 3.17. The number of rotatable bonds is 8. The van der Waals surface area contributed by atoms with E-state index < -0.39 is 5.97 Å². The first-order valence-corrected chi connectivity index (χ1v) is 9.41. The first kappa shape index (κ1) is 20.8. The van der Waals surface area contributed by atoms with Gasteiger partial charge in [-0.2, -0.15) is 0 Å². The number of ether oxygens (including phenoxy) is 3. The molecule has 0 atom stereocenters. The van der Waals surface area contributed by atoms with Crippen LogP contribution in [-0.2, 0) is 11.2 Å². The number of allylic oxidation sites excluding steroid dienone is 5. The summed E-state index contributed by atoms with van der Waals surface area (Å²) in [6.07, 6.45) is 14.0. The molecule has 0 fully saturated rings. The van der Waals surface area contributed by atoms with Gasteiger partial charge in [-0.25, -0.2) is 4.79 Å². The Labute approximate surface area is 162 Å². The van der Waals surface area contributed by atoms with Crippen LogP contribution in [-0.4, -0.2) is 27.3 Å². The van der Waals surface area contributed by atoms with E-state index in [1.807, 2.05) is 18.2 Å². The zero-order valence-electron chi connectivity index (χ0n) is 17.0. The van der Waals surface area contributed by atoms with Crippen LogP contribution in [0.1, 0.15) is 54.6 Å². The Hall–Kier alpha value is -2.49. The third-order valence-electron chi connectivity index (χ3n) is 4.68. The third kappa shape index (κ3) is 5.25. The van der Waals surface area contributed by atoms with E-state index in [1.165, 1.54) is 12.7 Å². The van der Waals surface area contributed by atoms with Gasteiger partial charge in [0.1, 0.15) is 17.1 Å². The number of hydrogen-bond acceptors (Lipinski definition) is 4. The highest BCUT2D eigenvalue weighted by Gasteiger charge is 2.24. The SMILES string of the molecule is COC(=O)c1c(C=CC2=CC=CCC2)cc(OC)c(CCC(C)C)c1OC. The molecule has 4 nitrogen and oxygen atoms in total. The lowest BCUT2D eigenvalue weighted by atomic mass is 9.94. The van der Waals surface area contributed by atoms with E-state index in [9.17, 15) is 4.79 Å². The Bertz CT molecular complexity index is 754. The molecule has 0 unspecified atom stereocenters. The molecule has 146 valence electrons. The maximum atomic E-state index is 12.6. The highest BCUT2D eigenvalue weighted by atomic mass is 16.5. The van der Waals surface area contributed by atoms with Gasteiger partial charge in [-0.05, 0) is 48.8 Å². The molecule has 0 N–H and O–H groups in total. The van der Waals surface area contributed by atoms with Gasteiger partial charge in [-0.3, -0.25) is 0 Å². The number of carbonyl (C=O) groups excluding carboxylic acids is 1. The Morgan fingerprint density at radius 2 is 1.96 bits per heavy atom. The number of methoxy groups -OCH3 is 3. The van der Waals surface area contributed by atoms with Crippen molar-refractivity contribution in [2.45, 2.75) is 39.5 Å². The minimum Gasteiger partial charge on any atom is -0.496 e. The normalized spacial score (nSPS) is 13.8. The summed E-state index contributed by atoms with van der Waals surface area (Å²) < 4.78 is 16.3. The minimum absolute atomic E-state index is 0.405. The molecule has 1 aliphatic carbocycles. The van der Waals surface area contributed by atoms with Gasteiger partial charge < -0.3 is 14.2 Å². The highest BCUT2D eigenvalue weighted by Crippen LogP contribution is 2.38. The maximum absolute atomic E-state index is 12.6. The lowest BCUT2D eigenvalue weighted by Gasteiger charge is -2.19. The summed E-state index contributed by atoms with van der Waals surface area (Å²) in [4.78, 5) is 12.6. The second-order valence-corrected chi connectivity index (χ2v) is 7.02. The molecule has 0 aliphatic heterocycles. The molecule has 0 saturated heterocycles. The fraction of sp³-hybridized carbons (Fsp3) is 0.435. The van der Waals surface area contributed by atoms with Crippen LogP contribution in [0.4, 0.5) is 0 Å². The molecular weight excluding hydrogens is 340 g/mol. The lowest BCUT2D eigenvalue weighted by Crippen LogP contribution is -2.10. The van der Waals surface area contributed by atoms with Crippen molar-refractivity contribution in [1.82, 2.24) is 0 Å². The van der Waals surface area contributed by atoms with Gasteiger partial charge in [0.25, 0.3) is 0 Å². The molecule has 0 saturated carbocycles. The van der Waals surface area contributed by atoms with Gasteiger partial charge in [0.15, 0.2) is 0 Å². The number of carbonyl (C=O) groups is 1. The molecule has 0 bridgehead atoms.